The van der Waals surface area contributed by atoms with Gasteiger partial charge in [0, 0.05) is 0 Å². The molecule has 0 aliphatic rings. The largest absolute Gasteiger partial charge is 0.471 e. The van der Waals surface area contributed by atoms with Crippen LogP contribution in [0.4, 0.5) is 0 Å². The van der Waals surface area contributed by atoms with Crippen LogP contribution >= 0.6 is 34.8 Å². The molecule has 15 heavy (non-hydrogen) atoms. The van der Waals surface area contributed by atoms with E-state index in [0.717, 1.165) is 5.20 Å². The predicted molar refractivity (Wildman–Crippen MR) is 71.0 cm³/mol. The fraction of sp³-hybridized carbons (Fsp3) is 0.667. The van der Waals surface area contributed by atoms with Crippen molar-refractivity contribution in [3.8, 4) is 0 Å². The van der Waals surface area contributed by atoms with E-state index in [2.05, 4.69) is 26.2 Å². The second-order valence-corrected chi connectivity index (χ2v) is 11.8. The maximum Gasteiger partial charge on any atom is 0.265 e. The molecular weight excluding hydrogens is 273 g/mol. The van der Waals surface area contributed by atoms with Crippen LogP contribution in [0.1, 0.15) is 6.92 Å². The average Bonchev–Trinajstić information content (AvgIpc) is 1.99. The monoisotopic (exact) mass is 287 g/mol. The van der Waals surface area contributed by atoms with E-state index in [9.17, 15) is 0 Å². The van der Waals surface area contributed by atoms with Crippen LogP contribution in [0.15, 0.2) is 11.8 Å². The topological polar surface area (TPSA) is 33.1 Å². The van der Waals surface area contributed by atoms with Crippen LogP contribution in [0.2, 0.25) is 19.6 Å². The van der Waals surface area contributed by atoms with Gasteiger partial charge in [-0.05, 0) is 12.1 Å². The van der Waals surface area contributed by atoms with Gasteiger partial charge in [-0.3, -0.25) is 5.41 Å². The Morgan fingerprint density at radius 2 is 1.73 bits per heavy atom. The molecule has 1 atom stereocenters. The number of rotatable bonds is 3. The molecular formula is C9H16Cl3NOSi. The number of halogens is 3. The van der Waals surface area contributed by atoms with Gasteiger partial charge in [0.2, 0.25) is 5.90 Å². The Kier molecular flexibility index (Phi) is 5.19. The summed E-state index contributed by atoms with van der Waals surface area (Å²) >= 11 is 16.5. The van der Waals surface area contributed by atoms with Crippen LogP contribution in [-0.2, 0) is 4.74 Å². The maximum absolute atomic E-state index is 7.42. The molecule has 0 rings (SSSR count). The molecule has 1 N–H and O–H groups in total. The zero-order valence-electron chi connectivity index (χ0n) is 9.33. The van der Waals surface area contributed by atoms with E-state index in [-0.39, 0.29) is 12.0 Å². The van der Waals surface area contributed by atoms with E-state index in [1.54, 1.807) is 0 Å². The van der Waals surface area contributed by atoms with Gasteiger partial charge in [-0.25, -0.2) is 0 Å². The highest BCUT2D eigenvalue weighted by Crippen LogP contribution is 2.29. The van der Waals surface area contributed by atoms with Gasteiger partial charge in [0.05, 0.1) is 8.07 Å². The molecule has 0 spiro atoms. The van der Waals surface area contributed by atoms with Crippen LogP contribution in [0.3, 0.4) is 0 Å². The number of nitrogens with one attached hydrogen (secondary N) is 1. The number of hydrogen-bond acceptors (Lipinski definition) is 2. The molecule has 0 aromatic heterocycles. The average molecular weight is 289 g/mol. The van der Waals surface area contributed by atoms with Crippen LogP contribution in [0.25, 0.3) is 0 Å². The third-order valence-corrected chi connectivity index (χ3v) is 4.85. The molecule has 88 valence electrons. The van der Waals surface area contributed by atoms with Crippen molar-refractivity contribution < 1.29 is 4.74 Å². The van der Waals surface area contributed by atoms with Crippen molar-refractivity contribution in [2.45, 2.75) is 36.5 Å². The van der Waals surface area contributed by atoms with Gasteiger partial charge < -0.3 is 4.74 Å². The van der Waals surface area contributed by atoms with Crippen molar-refractivity contribution in [1.29, 1.82) is 5.41 Å². The van der Waals surface area contributed by atoms with Crippen molar-refractivity contribution >= 4 is 48.8 Å². The van der Waals surface area contributed by atoms with Gasteiger partial charge >= 0.3 is 0 Å². The van der Waals surface area contributed by atoms with Crippen molar-refractivity contribution in [2.75, 3.05) is 0 Å². The first kappa shape index (κ1) is 15.3. The molecule has 0 amide bonds. The second-order valence-electron chi connectivity index (χ2n) is 4.36. The fourth-order valence-electron chi connectivity index (χ4n) is 0.925. The van der Waals surface area contributed by atoms with Gasteiger partial charge in [0.1, 0.15) is 6.10 Å². The first-order valence-corrected chi connectivity index (χ1v) is 9.11. The summed E-state index contributed by atoms with van der Waals surface area (Å²) in [6, 6.07) is 0. The molecule has 0 aromatic carbocycles. The standard InChI is InChI=1S/C9H16Cl3NOSi/c1-6(7(2)15(3,4)5)14-8(13)9(10,11)12/h6,13H,2H2,1,3-5H3. The van der Waals surface area contributed by atoms with Gasteiger partial charge in [-0.2, -0.15) is 0 Å². The molecule has 0 aromatic rings. The molecule has 0 saturated heterocycles. The summed E-state index contributed by atoms with van der Waals surface area (Å²) in [7, 11) is -1.49. The lowest BCUT2D eigenvalue weighted by Gasteiger charge is -2.27. The third kappa shape index (κ3) is 5.25. The molecule has 0 aliphatic heterocycles. The van der Waals surface area contributed by atoms with Crippen LogP contribution in [0, 0.1) is 5.41 Å². The molecule has 2 nitrogen and oxygen atoms in total. The Hall–Kier alpha value is 0.297. The van der Waals surface area contributed by atoms with E-state index in [0.29, 0.717) is 0 Å². The Balaban J connectivity index is 4.46. The van der Waals surface area contributed by atoms with E-state index in [4.69, 9.17) is 44.9 Å². The number of alkyl halides is 3. The van der Waals surface area contributed by atoms with E-state index in [1.165, 1.54) is 0 Å². The van der Waals surface area contributed by atoms with E-state index in [1.807, 2.05) is 6.92 Å². The molecule has 0 fully saturated rings. The molecule has 0 aliphatic carbocycles. The minimum absolute atomic E-state index is 0.292. The summed E-state index contributed by atoms with van der Waals surface area (Å²) in [6.07, 6.45) is -0.292. The quantitative estimate of drug-likeness (QED) is 0.359. The SMILES string of the molecule is C=C(C(C)OC(=N)C(Cl)(Cl)Cl)[Si](C)(C)C. The number of hydrogen-bond donors (Lipinski definition) is 1. The number of ether oxygens (including phenoxy) is 1. The van der Waals surface area contributed by atoms with E-state index >= 15 is 0 Å². The highest BCUT2D eigenvalue weighted by Gasteiger charge is 2.32. The van der Waals surface area contributed by atoms with Gasteiger partial charge in [-0.15, -0.1) is 6.58 Å². The zero-order valence-corrected chi connectivity index (χ0v) is 12.6. The van der Waals surface area contributed by atoms with Gasteiger partial charge in [0.15, 0.2) is 0 Å². The lowest BCUT2D eigenvalue weighted by Crippen LogP contribution is -2.35. The third-order valence-electron chi connectivity index (χ3n) is 2.01. The Morgan fingerprint density at radius 1 is 1.33 bits per heavy atom. The van der Waals surface area contributed by atoms with Crippen LogP contribution < -0.4 is 0 Å². The maximum atomic E-state index is 7.42. The molecule has 0 bridgehead atoms. The normalized spacial score (nSPS) is 14.6. The summed E-state index contributed by atoms with van der Waals surface area (Å²) < 4.78 is 3.43. The minimum atomic E-state index is -1.80. The predicted octanol–water partition coefficient (Wildman–Crippen LogP) is 4.17. The summed E-state index contributed by atoms with van der Waals surface area (Å²) in [4.78, 5) is 0. The lowest BCUT2D eigenvalue weighted by molar-refractivity contribution is 0.243. The summed E-state index contributed by atoms with van der Waals surface area (Å²) in [6.45, 7) is 12.2. The highest BCUT2D eigenvalue weighted by atomic mass is 35.6. The summed E-state index contributed by atoms with van der Waals surface area (Å²) in [5, 5.41) is 8.41. The highest BCUT2D eigenvalue weighted by molar-refractivity contribution is 6.83. The Bertz CT molecular complexity index is 268. The molecule has 6 heteroatoms. The first-order chi connectivity index (χ1) is 6.46. The second kappa shape index (κ2) is 5.08. The van der Waals surface area contributed by atoms with Crippen LogP contribution in [0.5, 0.6) is 0 Å². The van der Waals surface area contributed by atoms with Crippen molar-refractivity contribution in [3.05, 3.63) is 11.8 Å². The molecule has 0 saturated carbocycles. The zero-order chi connectivity index (χ0) is 12.4. The minimum Gasteiger partial charge on any atom is -0.471 e. The lowest BCUT2D eigenvalue weighted by atomic mass is 10.4. The molecule has 1 unspecified atom stereocenters. The Labute approximate surface area is 107 Å². The van der Waals surface area contributed by atoms with Gasteiger partial charge in [0.25, 0.3) is 3.79 Å². The van der Waals surface area contributed by atoms with Gasteiger partial charge in [-0.1, -0.05) is 54.4 Å². The summed E-state index contributed by atoms with van der Waals surface area (Å²) in [5.41, 5.74) is 0. The van der Waals surface area contributed by atoms with Crippen molar-refractivity contribution in [3.63, 3.8) is 0 Å². The molecule has 0 radical (unpaired) electrons. The fourth-order valence-corrected chi connectivity index (χ4v) is 2.34. The molecule has 0 heterocycles. The Morgan fingerprint density at radius 3 is 2.00 bits per heavy atom. The van der Waals surface area contributed by atoms with Crippen molar-refractivity contribution in [1.82, 2.24) is 0 Å². The van der Waals surface area contributed by atoms with Crippen LogP contribution in [-0.4, -0.2) is 23.9 Å². The smallest absolute Gasteiger partial charge is 0.265 e. The van der Waals surface area contributed by atoms with Crippen molar-refractivity contribution in [2.24, 2.45) is 0 Å². The summed E-state index contributed by atoms with van der Waals surface area (Å²) in [5.74, 6) is -0.362. The van der Waals surface area contributed by atoms with E-state index < -0.39 is 11.9 Å². The first-order valence-electron chi connectivity index (χ1n) is 4.48.